The molecule has 2 N–H and O–H groups in total. The third-order valence-corrected chi connectivity index (χ3v) is 6.46. The Balaban J connectivity index is 1.25. The number of amides is 1. The molecule has 1 aliphatic carbocycles. The summed E-state index contributed by atoms with van der Waals surface area (Å²) in [7, 11) is 0. The first kappa shape index (κ1) is 16.7. The summed E-state index contributed by atoms with van der Waals surface area (Å²) in [4.78, 5) is 16.9. The molecule has 4 nitrogen and oxygen atoms in total. The molecule has 0 bridgehead atoms. The predicted molar refractivity (Wildman–Crippen MR) is 102 cm³/mol. The van der Waals surface area contributed by atoms with Gasteiger partial charge < -0.3 is 10.6 Å². The van der Waals surface area contributed by atoms with Crippen molar-refractivity contribution in [3.63, 3.8) is 0 Å². The molecule has 1 amide bonds. The van der Waals surface area contributed by atoms with Crippen molar-refractivity contribution in [3.8, 4) is 11.3 Å². The SMILES string of the molecule is Cc1nc(-c2ccc(CCNC(=O)C3CC34CCNCC4)cc2)cs1. The van der Waals surface area contributed by atoms with Crippen molar-refractivity contribution in [2.75, 3.05) is 19.6 Å². The van der Waals surface area contributed by atoms with Crippen molar-refractivity contribution in [3.05, 3.63) is 40.2 Å². The van der Waals surface area contributed by atoms with E-state index < -0.39 is 0 Å². The quantitative estimate of drug-likeness (QED) is 0.866. The molecule has 2 fully saturated rings. The van der Waals surface area contributed by atoms with Crippen molar-refractivity contribution in [2.45, 2.75) is 32.6 Å². The van der Waals surface area contributed by atoms with Gasteiger partial charge in [0.2, 0.25) is 5.91 Å². The highest BCUT2D eigenvalue weighted by Gasteiger charge is 2.57. The third kappa shape index (κ3) is 3.62. The summed E-state index contributed by atoms with van der Waals surface area (Å²) < 4.78 is 0. The van der Waals surface area contributed by atoms with Gasteiger partial charge in [-0.1, -0.05) is 24.3 Å². The molecular formula is C20H25N3OS. The van der Waals surface area contributed by atoms with Gasteiger partial charge in [-0.2, -0.15) is 0 Å². The van der Waals surface area contributed by atoms with E-state index in [0.29, 0.717) is 5.41 Å². The minimum atomic E-state index is 0.255. The van der Waals surface area contributed by atoms with Crippen molar-refractivity contribution in [2.24, 2.45) is 11.3 Å². The van der Waals surface area contributed by atoms with E-state index in [0.717, 1.165) is 61.6 Å². The standard InChI is InChI=1S/C20H25N3OS/c1-14-23-18(13-25-14)16-4-2-15(3-5-16)6-9-22-19(24)17-12-20(17)7-10-21-11-8-20/h2-5,13,17,21H,6-12H2,1H3,(H,22,24). The zero-order chi connectivity index (χ0) is 17.3. The molecule has 1 saturated carbocycles. The van der Waals surface area contributed by atoms with E-state index in [2.05, 4.69) is 45.3 Å². The normalized spacial score (nSPS) is 21.2. The minimum Gasteiger partial charge on any atom is -0.356 e. The van der Waals surface area contributed by atoms with Crippen LogP contribution in [0, 0.1) is 18.3 Å². The van der Waals surface area contributed by atoms with Crippen LogP contribution < -0.4 is 10.6 Å². The first-order chi connectivity index (χ1) is 12.2. The number of carbonyl (C=O) groups excluding carboxylic acids is 1. The molecule has 4 rings (SSSR count). The Labute approximate surface area is 153 Å². The van der Waals surface area contributed by atoms with Gasteiger partial charge in [-0.15, -0.1) is 11.3 Å². The summed E-state index contributed by atoms with van der Waals surface area (Å²) in [5, 5.41) is 9.72. The Morgan fingerprint density at radius 2 is 2.08 bits per heavy atom. The lowest BCUT2D eigenvalue weighted by molar-refractivity contribution is -0.123. The van der Waals surface area contributed by atoms with Crippen LogP contribution in [0.3, 0.4) is 0 Å². The van der Waals surface area contributed by atoms with E-state index in [1.807, 2.05) is 6.92 Å². The fourth-order valence-electron chi connectivity index (χ4n) is 3.99. The topological polar surface area (TPSA) is 54.0 Å². The molecule has 1 atom stereocenters. The molecular weight excluding hydrogens is 330 g/mol. The van der Waals surface area contributed by atoms with E-state index in [1.54, 1.807) is 11.3 Å². The Morgan fingerprint density at radius 1 is 1.32 bits per heavy atom. The number of nitrogens with zero attached hydrogens (tertiary/aromatic N) is 1. The van der Waals surface area contributed by atoms with E-state index in [1.165, 1.54) is 5.56 Å². The number of thiazole rings is 1. The lowest BCUT2D eigenvalue weighted by Crippen LogP contribution is -2.34. The second-order valence-corrected chi connectivity index (χ2v) is 8.42. The molecule has 1 aromatic heterocycles. The molecule has 2 aliphatic rings. The number of hydrogen-bond donors (Lipinski definition) is 2. The summed E-state index contributed by atoms with van der Waals surface area (Å²) >= 11 is 1.68. The van der Waals surface area contributed by atoms with Crippen LogP contribution >= 0.6 is 11.3 Å². The molecule has 2 aromatic rings. The van der Waals surface area contributed by atoms with Gasteiger partial charge in [0.1, 0.15) is 0 Å². The van der Waals surface area contributed by atoms with Gasteiger partial charge in [-0.3, -0.25) is 4.79 Å². The fourth-order valence-corrected chi connectivity index (χ4v) is 4.61. The lowest BCUT2D eigenvalue weighted by atomic mass is 9.92. The number of benzene rings is 1. The van der Waals surface area contributed by atoms with Gasteiger partial charge in [-0.05, 0) is 56.7 Å². The molecule has 2 heterocycles. The predicted octanol–water partition coefficient (Wildman–Crippen LogP) is 3.17. The number of hydrogen-bond acceptors (Lipinski definition) is 4. The Hall–Kier alpha value is -1.72. The van der Waals surface area contributed by atoms with Crippen LogP contribution in [0.25, 0.3) is 11.3 Å². The number of nitrogens with one attached hydrogen (secondary N) is 2. The van der Waals surface area contributed by atoms with Gasteiger partial charge in [0, 0.05) is 23.4 Å². The lowest BCUT2D eigenvalue weighted by Gasteiger charge is -2.23. The fraction of sp³-hybridized carbons (Fsp3) is 0.500. The number of carbonyl (C=O) groups is 1. The summed E-state index contributed by atoms with van der Waals surface area (Å²) in [6.45, 7) is 4.88. The van der Waals surface area contributed by atoms with Crippen LogP contribution in [0.5, 0.6) is 0 Å². The second kappa shape index (κ2) is 6.89. The van der Waals surface area contributed by atoms with Crippen LogP contribution in [-0.2, 0) is 11.2 Å². The summed E-state index contributed by atoms with van der Waals surface area (Å²) in [6.07, 6.45) is 4.27. The van der Waals surface area contributed by atoms with E-state index >= 15 is 0 Å². The zero-order valence-corrected chi connectivity index (χ0v) is 15.5. The summed E-state index contributed by atoms with van der Waals surface area (Å²) in [6, 6.07) is 8.52. The average Bonchev–Trinajstić information content (AvgIpc) is 3.13. The van der Waals surface area contributed by atoms with Crippen LogP contribution in [0.15, 0.2) is 29.6 Å². The first-order valence-corrected chi connectivity index (χ1v) is 10.0. The highest BCUT2D eigenvalue weighted by molar-refractivity contribution is 7.09. The van der Waals surface area contributed by atoms with Crippen molar-refractivity contribution in [1.82, 2.24) is 15.6 Å². The smallest absolute Gasteiger partial charge is 0.223 e. The van der Waals surface area contributed by atoms with Gasteiger partial charge in [0.05, 0.1) is 10.7 Å². The van der Waals surface area contributed by atoms with Gasteiger partial charge in [0.15, 0.2) is 0 Å². The minimum absolute atomic E-state index is 0.255. The maximum Gasteiger partial charge on any atom is 0.223 e. The van der Waals surface area contributed by atoms with Crippen LogP contribution in [-0.4, -0.2) is 30.5 Å². The van der Waals surface area contributed by atoms with Crippen molar-refractivity contribution in [1.29, 1.82) is 0 Å². The zero-order valence-electron chi connectivity index (χ0n) is 14.7. The number of rotatable bonds is 5. The average molecular weight is 356 g/mol. The first-order valence-electron chi connectivity index (χ1n) is 9.16. The molecule has 1 aromatic carbocycles. The molecule has 1 saturated heterocycles. The monoisotopic (exact) mass is 355 g/mol. The van der Waals surface area contributed by atoms with Gasteiger partial charge in [0.25, 0.3) is 0 Å². The van der Waals surface area contributed by atoms with Crippen molar-refractivity contribution >= 4 is 17.2 Å². The van der Waals surface area contributed by atoms with E-state index in [9.17, 15) is 4.79 Å². The number of piperidine rings is 1. The molecule has 1 aliphatic heterocycles. The summed E-state index contributed by atoms with van der Waals surface area (Å²) in [5.41, 5.74) is 3.78. The second-order valence-electron chi connectivity index (χ2n) is 7.36. The van der Waals surface area contributed by atoms with Crippen LogP contribution in [0.1, 0.15) is 29.8 Å². The van der Waals surface area contributed by atoms with Gasteiger partial charge in [-0.25, -0.2) is 4.98 Å². The summed E-state index contributed by atoms with van der Waals surface area (Å²) in [5.74, 6) is 0.515. The molecule has 25 heavy (non-hydrogen) atoms. The third-order valence-electron chi connectivity index (χ3n) is 5.69. The number of aryl methyl sites for hydroxylation is 1. The van der Waals surface area contributed by atoms with E-state index in [-0.39, 0.29) is 11.8 Å². The molecule has 132 valence electrons. The Kier molecular flexibility index (Phi) is 4.61. The van der Waals surface area contributed by atoms with E-state index in [4.69, 9.17) is 0 Å². The highest BCUT2D eigenvalue weighted by atomic mass is 32.1. The molecule has 0 radical (unpaired) electrons. The Bertz CT molecular complexity index is 747. The number of aromatic nitrogens is 1. The van der Waals surface area contributed by atoms with Gasteiger partial charge >= 0.3 is 0 Å². The molecule has 1 spiro atoms. The Morgan fingerprint density at radius 3 is 2.76 bits per heavy atom. The molecule has 5 heteroatoms. The van der Waals surface area contributed by atoms with Crippen molar-refractivity contribution < 1.29 is 4.79 Å². The van der Waals surface area contributed by atoms with Crippen LogP contribution in [0.2, 0.25) is 0 Å². The maximum atomic E-state index is 12.4. The van der Waals surface area contributed by atoms with Crippen LogP contribution in [0.4, 0.5) is 0 Å². The molecule has 1 unspecified atom stereocenters. The maximum absolute atomic E-state index is 12.4. The highest BCUT2D eigenvalue weighted by Crippen LogP contribution is 2.58. The largest absolute Gasteiger partial charge is 0.356 e.